The summed E-state index contributed by atoms with van der Waals surface area (Å²) in [5.41, 5.74) is 3.84. The molecule has 25 heavy (non-hydrogen) atoms. The molecule has 2 aromatic heterocycles. The van der Waals surface area contributed by atoms with Crippen LogP contribution in [0.5, 0.6) is 0 Å². The van der Waals surface area contributed by atoms with E-state index < -0.39 is 0 Å². The van der Waals surface area contributed by atoms with Gasteiger partial charge in [0.15, 0.2) is 11.0 Å². The number of hydrogen-bond donors (Lipinski definition) is 2. The van der Waals surface area contributed by atoms with Crippen molar-refractivity contribution in [3.63, 3.8) is 0 Å². The van der Waals surface area contributed by atoms with Gasteiger partial charge in [-0.15, -0.1) is 11.3 Å². The number of benzene rings is 2. The third kappa shape index (κ3) is 3.56. The van der Waals surface area contributed by atoms with Crippen LogP contribution in [0.4, 0.5) is 9.52 Å². The van der Waals surface area contributed by atoms with E-state index in [-0.39, 0.29) is 5.82 Å². The molecule has 0 amide bonds. The summed E-state index contributed by atoms with van der Waals surface area (Å²) in [5.74, 6) is 0.499. The molecule has 0 aliphatic heterocycles. The first kappa shape index (κ1) is 15.5. The van der Waals surface area contributed by atoms with E-state index in [1.54, 1.807) is 12.1 Å². The van der Waals surface area contributed by atoms with Crippen LogP contribution in [0.1, 0.15) is 5.56 Å². The van der Waals surface area contributed by atoms with E-state index in [1.807, 2.05) is 23.6 Å². The highest BCUT2D eigenvalue weighted by Gasteiger charge is 2.06. The summed E-state index contributed by atoms with van der Waals surface area (Å²) < 4.78 is 13.0. The van der Waals surface area contributed by atoms with Gasteiger partial charge in [-0.1, -0.05) is 18.2 Å². The summed E-state index contributed by atoms with van der Waals surface area (Å²) in [6.07, 6.45) is 1.49. The van der Waals surface area contributed by atoms with Crippen LogP contribution >= 0.6 is 11.3 Å². The minimum Gasteiger partial charge on any atom is -0.357 e. The van der Waals surface area contributed by atoms with Crippen LogP contribution in [-0.4, -0.2) is 20.2 Å². The second-order valence-corrected chi connectivity index (χ2v) is 6.29. The number of nitrogens with zero attached hydrogens (tertiary/aromatic N) is 3. The van der Waals surface area contributed by atoms with Crippen LogP contribution < -0.4 is 5.32 Å². The predicted molar refractivity (Wildman–Crippen MR) is 96.7 cm³/mol. The molecule has 0 atom stereocenters. The summed E-state index contributed by atoms with van der Waals surface area (Å²) in [4.78, 5) is 8.72. The highest BCUT2D eigenvalue weighted by molar-refractivity contribution is 7.14. The van der Waals surface area contributed by atoms with E-state index >= 15 is 0 Å². The van der Waals surface area contributed by atoms with Crippen LogP contribution in [0.3, 0.4) is 0 Å². The van der Waals surface area contributed by atoms with E-state index in [9.17, 15) is 4.39 Å². The average molecular weight is 351 g/mol. The van der Waals surface area contributed by atoms with Crippen LogP contribution in [0, 0.1) is 5.82 Å². The second-order valence-electron chi connectivity index (χ2n) is 5.43. The minimum absolute atomic E-state index is 0.246. The molecule has 2 N–H and O–H groups in total. The summed E-state index contributed by atoms with van der Waals surface area (Å²) in [6.45, 7) is 0.651. The van der Waals surface area contributed by atoms with Gasteiger partial charge in [0, 0.05) is 23.1 Å². The maximum absolute atomic E-state index is 13.0. The van der Waals surface area contributed by atoms with Gasteiger partial charge in [-0.2, -0.15) is 5.10 Å². The van der Waals surface area contributed by atoms with Gasteiger partial charge < -0.3 is 5.32 Å². The monoisotopic (exact) mass is 351 g/mol. The maximum atomic E-state index is 13.0. The Hall–Kier alpha value is -3.06. The number of hydrogen-bond acceptors (Lipinski definition) is 5. The van der Waals surface area contributed by atoms with Gasteiger partial charge in [-0.25, -0.2) is 14.4 Å². The van der Waals surface area contributed by atoms with Crippen LogP contribution in [0.25, 0.3) is 22.6 Å². The van der Waals surface area contributed by atoms with Crippen LogP contribution in [0.15, 0.2) is 60.2 Å². The molecule has 0 radical (unpaired) electrons. The average Bonchev–Trinajstić information content (AvgIpc) is 3.33. The van der Waals surface area contributed by atoms with Crippen molar-refractivity contribution in [1.29, 1.82) is 0 Å². The number of aromatic amines is 1. The van der Waals surface area contributed by atoms with Gasteiger partial charge in [0.25, 0.3) is 0 Å². The van der Waals surface area contributed by atoms with Crippen molar-refractivity contribution < 1.29 is 4.39 Å². The largest absolute Gasteiger partial charge is 0.357 e. The number of anilines is 1. The van der Waals surface area contributed by atoms with E-state index in [1.165, 1.54) is 29.8 Å². The summed E-state index contributed by atoms with van der Waals surface area (Å²) in [6, 6.07) is 14.4. The Bertz CT molecular complexity index is 963. The first-order valence-corrected chi connectivity index (χ1v) is 8.56. The Balaban J connectivity index is 1.45. The Morgan fingerprint density at radius 2 is 1.96 bits per heavy atom. The number of halogens is 1. The fourth-order valence-corrected chi connectivity index (χ4v) is 3.18. The van der Waals surface area contributed by atoms with Gasteiger partial charge in [-0.3, -0.25) is 5.10 Å². The van der Waals surface area contributed by atoms with E-state index in [4.69, 9.17) is 0 Å². The molecule has 0 unspecified atom stereocenters. The van der Waals surface area contributed by atoms with Gasteiger partial charge in [0.1, 0.15) is 12.1 Å². The smallest absolute Gasteiger partial charge is 0.183 e. The molecule has 0 aliphatic carbocycles. The topological polar surface area (TPSA) is 66.5 Å². The number of rotatable bonds is 5. The SMILES string of the molecule is Fc1ccc(-c2csc(NCc3cccc(-c4ncn[nH]4)c3)n2)cc1. The first-order valence-electron chi connectivity index (χ1n) is 7.68. The highest BCUT2D eigenvalue weighted by Crippen LogP contribution is 2.25. The number of thiazole rings is 1. The fraction of sp³-hybridized carbons (Fsp3) is 0.0556. The minimum atomic E-state index is -0.246. The Labute approximate surface area is 147 Å². The number of nitrogens with one attached hydrogen (secondary N) is 2. The van der Waals surface area contributed by atoms with Crippen LogP contribution in [-0.2, 0) is 6.54 Å². The lowest BCUT2D eigenvalue weighted by atomic mass is 10.1. The van der Waals surface area contributed by atoms with Crippen LogP contribution in [0.2, 0.25) is 0 Å². The molecule has 0 fully saturated rings. The standard InChI is InChI=1S/C18H14FN5S/c19-15-6-4-13(5-7-15)16-10-25-18(23-16)20-9-12-2-1-3-14(8-12)17-21-11-22-24-17/h1-8,10-11H,9H2,(H,20,23)(H,21,22,24). The molecule has 5 nitrogen and oxygen atoms in total. The van der Waals surface area contributed by atoms with Crippen molar-refractivity contribution in [2.24, 2.45) is 0 Å². The molecule has 0 aliphatic rings. The third-order valence-corrected chi connectivity index (χ3v) is 4.50. The van der Waals surface area contributed by atoms with Gasteiger partial charge in [-0.05, 0) is 35.9 Å². The Kier molecular flexibility index (Phi) is 4.22. The predicted octanol–water partition coefficient (Wildman–Crippen LogP) is 4.35. The number of aromatic nitrogens is 4. The summed E-state index contributed by atoms with van der Waals surface area (Å²) in [7, 11) is 0. The lowest BCUT2D eigenvalue weighted by Crippen LogP contribution is -1.99. The van der Waals surface area contributed by atoms with Crippen molar-refractivity contribution in [3.8, 4) is 22.6 Å². The quantitative estimate of drug-likeness (QED) is 0.561. The molecule has 4 rings (SSSR count). The zero-order valence-electron chi connectivity index (χ0n) is 13.1. The molecule has 2 aromatic carbocycles. The van der Waals surface area contributed by atoms with Crippen molar-refractivity contribution in [3.05, 3.63) is 71.6 Å². The Morgan fingerprint density at radius 3 is 2.76 bits per heavy atom. The normalized spacial score (nSPS) is 10.8. The molecule has 0 bridgehead atoms. The molecular formula is C18H14FN5S. The Morgan fingerprint density at radius 1 is 1.08 bits per heavy atom. The zero-order valence-corrected chi connectivity index (χ0v) is 13.9. The molecule has 7 heteroatoms. The molecule has 4 aromatic rings. The maximum Gasteiger partial charge on any atom is 0.183 e. The highest BCUT2D eigenvalue weighted by atomic mass is 32.1. The van der Waals surface area contributed by atoms with Gasteiger partial charge in [0.2, 0.25) is 0 Å². The van der Waals surface area contributed by atoms with E-state index in [0.29, 0.717) is 6.54 Å². The molecule has 0 spiro atoms. The number of H-pyrrole nitrogens is 1. The molecule has 124 valence electrons. The molecule has 0 saturated heterocycles. The third-order valence-electron chi connectivity index (χ3n) is 3.70. The van der Waals surface area contributed by atoms with Gasteiger partial charge >= 0.3 is 0 Å². The van der Waals surface area contributed by atoms with Crippen molar-refractivity contribution in [1.82, 2.24) is 20.2 Å². The first-order chi connectivity index (χ1) is 12.3. The molecule has 2 heterocycles. The van der Waals surface area contributed by atoms with Crippen molar-refractivity contribution >= 4 is 16.5 Å². The van der Waals surface area contributed by atoms with Crippen molar-refractivity contribution in [2.45, 2.75) is 6.54 Å². The summed E-state index contributed by atoms with van der Waals surface area (Å²) >= 11 is 1.53. The fourth-order valence-electron chi connectivity index (χ4n) is 2.46. The lowest BCUT2D eigenvalue weighted by molar-refractivity contribution is 0.628. The summed E-state index contributed by atoms with van der Waals surface area (Å²) in [5, 5.41) is 12.8. The molecular weight excluding hydrogens is 337 g/mol. The van der Waals surface area contributed by atoms with E-state index in [2.05, 4.69) is 31.5 Å². The zero-order chi connectivity index (χ0) is 17.1. The van der Waals surface area contributed by atoms with E-state index in [0.717, 1.165) is 33.3 Å². The van der Waals surface area contributed by atoms with Gasteiger partial charge in [0.05, 0.1) is 5.69 Å². The molecule has 0 saturated carbocycles. The van der Waals surface area contributed by atoms with Crippen molar-refractivity contribution in [2.75, 3.05) is 5.32 Å². The second kappa shape index (κ2) is 6.82. The lowest BCUT2D eigenvalue weighted by Gasteiger charge is -2.04.